The molecule has 78 valence electrons. The van der Waals surface area contributed by atoms with Gasteiger partial charge in [-0.25, -0.2) is 0 Å². The molecule has 0 saturated carbocycles. The Morgan fingerprint density at radius 1 is 1.40 bits per heavy atom. The number of hydrogen-bond acceptors (Lipinski definition) is 1. The van der Waals surface area contributed by atoms with Gasteiger partial charge in [-0.1, -0.05) is 23.7 Å². The smallest absolute Gasteiger partial charge is 0.264 e. The van der Waals surface area contributed by atoms with E-state index in [0.29, 0.717) is 5.02 Å². The van der Waals surface area contributed by atoms with E-state index in [-0.39, 0.29) is 5.56 Å². The van der Waals surface area contributed by atoms with Crippen LogP contribution < -0.4 is 5.56 Å². The third-order valence-corrected chi connectivity index (χ3v) is 2.48. The van der Waals surface area contributed by atoms with Crippen molar-refractivity contribution in [1.82, 2.24) is 9.78 Å². The third-order valence-electron chi connectivity index (χ3n) is 2.24. The van der Waals surface area contributed by atoms with E-state index in [1.165, 1.54) is 0 Å². The van der Waals surface area contributed by atoms with Crippen LogP contribution in [-0.4, -0.2) is 9.78 Å². The highest BCUT2D eigenvalue weighted by atomic mass is 35.5. The van der Waals surface area contributed by atoms with Gasteiger partial charge in [-0.15, -0.1) is 0 Å². The molecule has 4 heteroatoms. The van der Waals surface area contributed by atoms with Gasteiger partial charge in [-0.05, 0) is 19.1 Å². The second-order valence-electron chi connectivity index (χ2n) is 3.26. The van der Waals surface area contributed by atoms with Crippen LogP contribution in [0.2, 0.25) is 5.02 Å². The number of rotatable bonds is 2. The lowest BCUT2D eigenvalue weighted by Crippen LogP contribution is -2.04. The average molecular weight is 223 g/mol. The van der Waals surface area contributed by atoms with Gasteiger partial charge < -0.3 is 0 Å². The van der Waals surface area contributed by atoms with Crippen molar-refractivity contribution in [2.45, 2.75) is 13.5 Å². The first-order valence-electron chi connectivity index (χ1n) is 4.76. The molecule has 0 aliphatic heterocycles. The first-order valence-corrected chi connectivity index (χ1v) is 5.14. The monoisotopic (exact) mass is 222 g/mol. The minimum atomic E-state index is -0.0909. The van der Waals surface area contributed by atoms with Crippen LogP contribution in [0.25, 0.3) is 11.3 Å². The molecular formula is C11H11ClN2O. The number of hydrogen-bond donors (Lipinski definition) is 1. The van der Waals surface area contributed by atoms with Crippen molar-refractivity contribution in [3.8, 4) is 11.3 Å². The van der Waals surface area contributed by atoms with Crippen LogP contribution in [0.5, 0.6) is 0 Å². The molecule has 0 aliphatic carbocycles. The molecule has 0 aliphatic rings. The molecular weight excluding hydrogens is 212 g/mol. The summed E-state index contributed by atoms with van der Waals surface area (Å²) in [5, 5.41) is 3.40. The van der Waals surface area contributed by atoms with Crippen molar-refractivity contribution in [3.63, 3.8) is 0 Å². The van der Waals surface area contributed by atoms with Gasteiger partial charge in [0.2, 0.25) is 0 Å². The number of nitrogens with zero attached hydrogens (tertiary/aromatic N) is 1. The first-order chi connectivity index (χ1) is 7.20. The number of H-pyrrole nitrogens is 1. The SMILES string of the molecule is CCn1[nH]c(=O)cc1-c1cccc(Cl)c1. The standard InChI is InChI=1S/C11H11ClN2O/c1-2-14-10(7-11(15)13-14)8-4-3-5-9(12)6-8/h3-7H,2H2,1H3,(H,13,15). The van der Waals surface area contributed by atoms with Crippen LogP contribution in [-0.2, 0) is 6.54 Å². The van der Waals surface area contributed by atoms with Crippen molar-refractivity contribution < 1.29 is 0 Å². The highest BCUT2D eigenvalue weighted by molar-refractivity contribution is 6.30. The Hall–Kier alpha value is -1.48. The molecule has 0 spiro atoms. The zero-order valence-electron chi connectivity index (χ0n) is 8.33. The summed E-state index contributed by atoms with van der Waals surface area (Å²) < 4.78 is 1.80. The fraction of sp³-hybridized carbons (Fsp3) is 0.182. The highest BCUT2D eigenvalue weighted by Crippen LogP contribution is 2.21. The molecule has 3 nitrogen and oxygen atoms in total. The van der Waals surface area contributed by atoms with Gasteiger partial charge in [0.15, 0.2) is 0 Å². The summed E-state index contributed by atoms with van der Waals surface area (Å²) in [6, 6.07) is 9.04. The van der Waals surface area contributed by atoms with Crippen molar-refractivity contribution in [1.29, 1.82) is 0 Å². The van der Waals surface area contributed by atoms with Gasteiger partial charge in [0, 0.05) is 23.2 Å². The molecule has 1 aromatic heterocycles. The van der Waals surface area contributed by atoms with Crippen LogP contribution in [0.3, 0.4) is 0 Å². The summed E-state index contributed by atoms with van der Waals surface area (Å²) >= 11 is 5.90. The molecule has 1 heterocycles. The van der Waals surface area contributed by atoms with E-state index in [1.807, 2.05) is 31.2 Å². The van der Waals surface area contributed by atoms with Gasteiger partial charge in [0.25, 0.3) is 5.56 Å². The molecule has 15 heavy (non-hydrogen) atoms. The van der Waals surface area contributed by atoms with Gasteiger partial charge in [-0.3, -0.25) is 14.6 Å². The normalized spacial score (nSPS) is 10.5. The molecule has 1 N–H and O–H groups in total. The molecule has 0 bridgehead atoms. The van der Waals surface area contributed by atoms with Crippen LogP contribution in [0.1, 0.15) is 6.92 Å². The number of benzene rings is 1. The molecule has 0 radical (unpaired) electrons. The second kappa shape index (κ2) is 3.95. The molecule has 0 amide bonds. The lowest BCUT2D eigenvalue weighted by Gasteiger charge is -2.05. The Balaban J connectivity index is 2.57. The maximum absolute atomic E-state index is 11.2. The van der Waals surface area contributed by atoms with E-state index in [4.69, 9.17) is 11.6 Å². The molecule has 2 aromatic rings. The summed E-state index contributed by atoms with van der Waals surface area (Å²) in [4.78, 5) is 11.2. The quantitative estimate of drug-likeness (QED) is 0.833. The third kappa shape index (κ3) is 1.97. The minimum absolute atomic E-state index is 0.0909. The van der Waals surface area contributed by atoms with E-state index in [1.54, 1.807) is 10.7 Å². The van der Waals surface area contributed by atoms with Crippen LogP contribution >= 0.6 is 11.6 Å². The first kappa shape index (κ1) is 10.1. The molecule has 1 aromatic carbocycles. The molecule has 0 fully saturated rings. The lowest BCUT2D eigenvalue weighted by atomic mass is 10.1. The lowest BCUT2D eigenvalue weighted by molar-refractivity contribution is 0.660. The number of aromatic amines is 1. The number of halogens is 1. The van der Waals surface area contributed by atoms with E-state index in [2.05, 4.69) is 5.10 Å². The maximum Gasteiger partial charge on any atom is 0.264 e. The van der Waals surface area contributed by atoms with Crippen molar-refractivity contribution in [3.05, 3.63) is 45.7 Å². The molecule has 0 saturated heterocycles. The fourth-order valence-electron chi connectivity index (χ4n) is 1.56. The molecule has 0 atom stereocenters. The number of aryl methyl sites for hydroxylation is 1. The fourth-order valence-corrected chi connectivity index (χ4v) is 1.75. The van der Waals surface area contributed by atoms with Crippen molar-refractivity contribution in [2.75, 3.05) is 0 Å². The summed E-state index contributed by atoms with van der Waals surface area (Å²) in [5.74, 6) is 0. The number of aromatic nitrogens is 2. The minimum Gasteiger partial charge on any atom is -0.285 e. The maximum atomic E-state index is 11.2. The predicted octanol–water partition coefficient (Wildman–Crippen LogP) is 2.52. The van der Waals surface area contributed by atoms with Crippen molar-refractivity contribution in [2.24, 2.45) is 0 Å². The van der Waals surface area contributed by atoms with Crippen LogP contribution in [0, 0.1) is 0 Å². The van der Waals surface area contributed by atoms with Crippen LogP contribution in [0.4, 0.5) is 0 Å². The van der Waals surface area contributed by atoms with E-state index >= 15 is 0 Å². The van der Waals surface area contributed by atoms with E-state index in [0.717, 1.165) is 17.8 Å². The van der Waals surface area contributed by atoms with Gasteiger partial charge in [0.1, 0.15) is 0 Å². The Morgan fingerprint density at radius 2 is 2.20 bits per heavy atom. The largest absolute Gasteiger partial charge is 0.285 e. The molecule has 0 unspecified atom stereocenters. The topological polar surface area (TPSA) is 37.8 Å². The summed E-state index contributed by atoms with van der Waals surface area (Å²) in [7, 11) is 0. The number of nitrogens with one attached hydrogen (secondary N) is 1. The molecule has 2 rings (SSSR count). The van der Waals surface area contributed by atoms with Crippen LogP contribution in [0.15, 0.2) is 35.1 Å². The summed E-state index contributed by atoms with van der Waals surface area (Å²) in [6.07, 6.45) is 0. The summed E-state index contributed by atoms with van der Waals surface area (Å²) in [6.45, 7) is 2.70. The average Bonchev–Trinajstić information content (AvgIpc) is 2.59. The Bertz CT molecular complexity index is 527. The second-order valence-corrected chi connectivity index (χ2v) is 3.70. The zero-order valence-corrected chi connectivity index (χ0v) is 9.08. The Kier molecular flexibility index (Phi) is 2.64. The van der Waals surface area contributed by atoms with Gasteiger partial charge >= 0.3 is 0 Å². The zero-order chi connectivity index (χ0) is 10.8. The van der Waals surface area contributed by atoms with Crippen molar-refractivity contribution >= 4 is 11.6 Å². The predicted molar refractivity (Wildman–Crippen MR) is 61.2 cm³/mol. The summed E-state index contributed by atoms with van der Waals surface area (Å²) in [5.41, 5.74) is 1.72. The Morgan fingerprint density at radius 3 is 2.87 bits per heavy atom. The Labute approximate surface area is 92.3 Å². The van der Waals surface area contributed by atoms with Gasteiger partial charge in [0.05, 0.1) is 5.69 Å². The van der Waals surface area contributed by atoms with E-state index in [9.17, 15) is 4.79 Å². The van der Waals surface area contributed by atoms with E-state index < -0.39 is 0 Å². The van der Waals surface area contributed by atoms with Gasteiger partial charge in [-0.2, -0.15) is 0 Å². The highest BCUT2D eigenvalue weighted by Gasteiger charge is 2.05.